The number of rotatable bonds is 5. The van der Waals surface area contributed by atoms with Gasteiger partial charge in [0.2, 0.25) is 5.91 Å². The van der Waals surface area contributed by atoms with Gasteiger partial charge in [0.15, 0.2) is 0 Å². The summed E-state index contributed by atoms with van der Waals surface area (Å²) in [7, 11) is 0. The van der Waals surface area contributed by atoms with Crippen molar-refractivity contribution in [2.24, 2.45) is 5.73 Å². The lowest BCUT2D eigenvalue weighted by Gasteiger charge is -2.37. The molecule has 0 radical (unpaired) electrons. The van der Waals surface area contributed by atoms with Crippen LogP contribution < -0.4 is 11.1 Å². The fraction of sp³-hybridized carbons (Fsp3) is 0.533. The number of hydrogen-bond donors (Lipinski definition) is 3. The van der Waals surface area contributed by atoms with Crippen LogP contribution in [0.3, 0.4) is 0 Å². The highest BCUT2D eigenvalue weighted by atomic mass is 16.5. The first-order valence-electron chi connectivity index (χ1n) is 6.95. The number of aliphatic hydroxyl groups is 1. The number of nitrogens with two attached hydrogens (primary N) is 1. The van der Waals surface area contributed by atoms with Gasteiger partial charge in [-0.05, 0) is 24.8 Å². The third kappa shape index (κ3) is 3.79. The van der Waals surface area contributed by atoms with Gasteiger partial charge in [-0.1, -0.05) is 30.3 Å². The van der Waals surface area contributed by atoms with E-state index >= 15 is 0 Å². The Bertz CT molecular complexity index is 430. The van der Waals surface area contributed by atoms with Crippen LogP contribution in [0.15, 0.2) is 30.3 Å². The summed E-state index contributed by atoms with van der Waals surface area (Å²) in [5.41, 5.74) is 6.40. The average molecular weight is 278 g/mol. The number of amides is 1. The quantitative estimate of drug-likeness (QED) is 0.719. The maximum absolute atomic E-state index is 12.2. The van der Waals surface area contributed by atoms with Crippen molar-refractivity contribution in [1.29, 1.82) is 0 Å². The normalized spacial score (nSPS) is 19.3. The van der Waals surface area contributed by atoms with Gasteiger partial charge in [0.1, 0.15) is 0 Å². The van der Waals surface area contributed by atoms with Gasteiger partial charge < -0.3 is 20.9 Å². The highest BCUT2D eigenvalue weighted by Crippen LogP contribution is 2.20. The van der Waals surface area contributed by atoms with Crippen molar-refractivity contribution in [2.75, 3.05) is 19.8 Å². The molecule has 4 N–H and O–H groups in total. The van der Waals surface area contributed by atoms with Gasteiger partial charge in [-0.15, -0.1) is 0 Å². The molecule has 0 aromatic heterocycles. The number of ether oxygens (including phenoxy) is 1. The van der Waals surface area contributed by atoms with E-state index in [-0.39, 0.29) is 12.5 Å². The lowest BCUT2D eigenvalue weighted by Crippen LogP contribution is -2.58. The molecule has 1 aromatic rings. The van der Waals surface area contributed by atoms with Crippen molar-refractivity contribution >= 4 is 5.91 Å². The van der Waals surface area contributed by atoms with Gasteiger partial charge in [0, 0.05) is 13.2 Å². The molecule has 5 heteroatoms. The Morgan fingerprint density at radius 3 is 2.60 bits per heavy atom. The highest BCUT2D eigenvalue weighted by molar-refractivity contribution is 5.82. The van der Waals surface area contributed by atoms with E-state index in [9.17, 15) is 9.90 Å². The van der Waals surface area contributed by atoms with Crippen molar-refractivity contribution in [3.8, 4) is 0 Å². The van der Waals surface area contributed by atoms with E-state index in [1.807, 2.05) is 30.3 Å². The van der Waals surface area contributed by atoms with Crippen LogP contribution in [0, 0.1) is 0 Å². The minimum absolute atomic E-state index is 0.0832. The molecule has 1 atom stereocenters. The fourth-order valence-electron chi connectivity index (χ4n) is 2.40. The van der Waals surface area contributed by atoms with E-state index < -0.39 is 11.6 Å². The predicted octanol–water partition coefficient (Wildman–Crippen LogP) is 0.214. The minimum atomic E-state index is -0.608. The summed E-state index contributed by atoms with van der Waals surface area (Å²) < 4.78 is 5.27. The molecule has 1 saturated heterocycles. The van der Waals surface area contributed by atoms with Crippen LogP contribution in [-0.4, -0.2) is 42.4 Å². The number of hydrogen-bond acceptors (Lipinski definition) is 4. The van der Waals surface area contributed by atoms with Crippen LogP contribution in [-0.2, 0) is 16.0 Å². The van der Waals surface area contributed by atoms with Crippen LogP contribution in [0.4, 0.5) is 0 Å². The number of benzene rings is 1. The summed E-state index contributed by atoms with van der Waals surface area (Å²) in [6.07, 6.45) is 1.73. The summed E-state index contributed by atoms with van der Waals surface area (Å²) >= 11 is 0. The van der Waals surface area contributed by atoms with E-state index in [2.05, 4.69) is 5.32 Å². The van der Waals surface area contributed by atoms with Crippen molar-refractivity contribution in [1.82, 2.24) is 5.32 Å². The Morgan fingerprint density at radius 2 is 2.00 bits per heavy atom. The molecule has 0 aliphatic carbocycles. The largest absolute Gasteiger partial charge is 0.394 e. The molecule has 1 aliphatic rings. The average Bonchev–Trinajstić information content (AvgIpc) is 2.49. The first kappa shape index (κ1) is 15.0. The highest BCUT2D eigenvalue weighted by Gasteiger charge is 2.34. The molecular weight excluding hydrogens is 256 g/mol. The lowest BCUT2D eigenvalue weighted by atomic mass is 9.90. The second-order valence-electron chi connectivity index (χ2n) is 5.34. The maximum atomic E-state index is 12.2. The van der Waals surface area contributed by atoms with Gasteiger partial charge in [-0.2, -0.15) is 0 Å². The Hall–Kier alpha value is -1.43. The molecule has 1 aliphatic heterocycles. The number of nitrogens with one attached hydrogen (secondary N) is 1. The molecule has 20 heavy (non-hydrogen) atoms. The van der Waals surface area contributed by atoms with E-state index in [1.54, 1.807) is 0 Å². The summed E-state index contributed by atoms with van der Waals surface area (Å²) in [5.74, 6) is -0.218. The first-order chi connectivity index (χ1) is 9.65. The van der Waals surface area contributed by atoms with E-state index in [0.29, 0.717) is 32.5 Å². The summed E-state index contributed by atoms with van der Waals surface area (Å²) in [6, 6.07) is 9.06. The Morgan fingerprint density at radius 1 is 1.35 bits per heavy atom. The molecular formula is C15H22N2O3. The van der Waals surface area contributed by atoms with Crippen LogP contribution in [0.25, 0.3) is 0 Å². The molecule has 0 unspecified atom stereocenters. The van der Waals surface area contributed by atoms with Crippen molar-refractivity contribution in [3.05, 3.63) is 35.9 Å². The van der Waals surface area contributed by atoms with E-state index in [1.165, 1.54) is 0 Å². The van der Waals surface area contributed by atoms with Crippen molar-refractivity contribution in [2.45, 2.75) is 30.8 Å². The summed E-state index contributed by atoms with van der Waals surface area (Å²) in [5, 5.41) is 12.5. The molecule has 1 amide bonds. The predicted molar refractivity (Wildman–Crippen MR) is 76.1 cm³/mol. The molecule has 1 fully saturated rings. The molecule has 1 aromatic carbocycles. The summed E-state index contributed by atoms with van der Waals surface area (Å²) in [4.78, 5) is 12.2. The third-order valence-corrected chi connectivity index (χ3v) is 3.78. The van der Waals surface area contributed by atoms with Gasteiger partial charge in [-0.25, -0.2) is 0 Å². The molecule has 0 saturated carbocycles. The van der Waals surface area contributed by atoms with E-state index in [0.717, 1.165) is 5.56 Å². The molecule has 2 rings (SSSR count). The van der Waals surface area contributed by atoms with Crippen molar-refractivity contribution in [3.63, 3.8) is 0 Å². The smallest absolute Gasteiger partial charge is 0.237 e. The lowest BCUT2D eigenvalue weighted by molar-refractivity contribution is -0.126. The second kappa shape index (κ2) is 6.83. The Kier molecular flexibility index (Phi) is 5.11. The van der Waals surface area contributed by atoms with E-state index in [4.69, 9.17) is 10.5 Å². The number of carbonyl (C=O) groups excluding carboxylic acids is 1. The van der Waals surface area contributed by atoms with Crippen LogP contribution in [0.2, 0.25) is 0 Å². The zero-order valence-electron chi connectivity index (χ0n) is 11.5. The van der Waals surface area contributed by atoms with Gasteiger partial charge in [-0.3, -0.25) is 4.79 Å². The molecule has 5 nitrogen and oxygen atoms in total. The zero-order chi connectivity index (χ0) is 14.4. The van der Waals surface area contributed by atoms with Crippen molar-refractivity contribution < 1.29 is 14.6 Å². The maximum Gasteiger partial charge on any atom is 0.237 e. The Balaban J connectivity index is 1.93. The molecule has 110 valence electrons. The van der Waals surface area contributed by atoms with Gasteiger partial charge in [0.25, 0.3) is 0 Å². The number of carbonyl (C=O) groups is 1. The standard InChI is InChI=1S/C15H22N2O3/c16-13(10-12-4-2-1-3-5-12)14(19)17-15(11-18)6-8-20-9-7-15/h1-5,13,18H,6-11,16H2,(H,17,19)/t13-/m1/s1. The Labute approximate surface area is 119 Å². The second-order valence-corrected chi connectivity index (χ2v) is 5.34. The number of aliphatic hydroxyl groups excluding tert-OH is 1. The summed E-state index contributed by atoms with van der Waals surface area (Å²) in [6.45, 7) is 1.02. The zero-order valence-corrected chi connectivity index (χ0v) is 11.5. The van der Waals surface area contributed by atoms with Gasteiger partial charge >= 0.3 is 0 Å². The van der Waals surface area contributed by atoms with Crippen LogP contribution in [0.1, 0.15) is 18.4 Å². The van der Waals surface area contributed by atoms with Gasteiger partial charge in [0.05, 0.1) is 18.2 Å². The minimum Gasteiger partial charge on any atom is -0.394 e. The monoisotopic (exact) mass is 278 g/mol. The third-order valence-electron chi connectivity index (χ3n) is 3.78. The van der Waals surface area contributed by atoms with Crippen LogP contribution in [0.5, 0.6) is 0 Å². The topological polar surface area (TPSA) is 84.6 Å². The molecule has 0 spiro atoms. The van der Waals surface area contributed by atoms with Crippen LogP contribution >= 0.6 is 0 Å². The molecule has 1 heterocycles. The SMILES string of the molecule is N[C@H](Cc1ccccc1)C(=O)NC1(CO)CCOCC1. The first-order valence-corrected chi connectivity index (χ1v) is 6.95. The molecule has 0 bridgehead atoms. The fourth-order valence-corrected chi connectivity index (χ4v) is 2.40.